The van der Waals surface area contributed by atoms with Gasteiger partial charge in [0.1, 0.15) is 11.5 Å². The molecule has 0 amide bonds. The normalized spacial score (nSPS) is 39.9. The fraction of sp³-hybridized carbons (Fsp3) is 0.767. The summed E-state index contributed by atoms with van der Waals surface area (Å²) in [5.41, 5.74) is 4.88. The molecule has 0 spiro atoms. The van der Waals surface area contributed by atoms with E-state index in [0.717, 1.165) is 92.5 Å². The van der Waals surface area contributed by atoms with Crippen LogP contribution in [0.3, 0.4) is 0 Å². The van der Waals surface area contributed by atoms with Crippen LogP contribution in [0.2, 0.25) is 0 Å². The minimum Gasteiger partial charge on any atom is -0.616 e. The molecule has 2 heterocycles. The third-order valence-electron chi connectivity index (χ3n) is 15.8. The summed E-state index contributed by atoms with van der Waals surface area (Å²) in [6.45, 7) is 12.8. The molecule has 8 rings (SSSR count). The Kier molecular flexibility index (Phi) is 9.98. The summed E-state index contributed by atoms with van der Waals surface area (Å²) in [7, 11) is 0. The Hall–Kier alpha value is -1.85. The second kappa shape index (κ2) is 14.2. The third-order valence-corrected chi connectivity index (χ3v) is 17.1. The van der Waals surface area contributed by atoms with Crippen LogP contribution < -0.4 is 10.1 Å². The number of rotatable bonds is 8. The number of allylic oxidation sites excluding steroid dienone is 4. The SMILES string of the molecule is CC1(C)C(C2=CCC(COc3cc(C#N)ccn3)CC2)=CCC2(C)C3CCC4C(CCC5(NCCN6CC[S+]([O-])CC6)CCCC45)C3CCC12. The van der Waals surface area contributed by atoms with E-state index in [1.165, 1.54) is 64.2 Å². The van der Waals surface area contributed by atoms with E-state index in [2.05, 4.69) is 54.2 Å². The molecule has 1 saturated heterocycles. The summed E-state index contributed by atoms with van der Waals surface area (Å²) >= 11 is -0.586. The summed E-state index contributed by atoms with van der Waals surface area (Å²) in [6.07, 6.45) is 24.4. The molecule has 9 unspecified atom stereocenters. The lowest BCUT2D eigenvalue weighted by Crippen LogP contribution is -2.61. The van der Waals surface area contributed by atoms with E-state index in [1.807, 2.05) is 0 Å². The number of aromatic nitrogens is 1. The summed E-state index contributed by atoms with van der Waals surface area (Å²) in [6, 6.07) is 5.66. The number of nitrogens with zero attached hydrogens (tertiary/aromatic N) is 3. The predicted molar refractivity (Wildman–Crippen MR) is 202 cm³/mol. The van der Waals surface area contributed by atoms with Gasteiger partial charge in [0.05, 0.1) is 18.2 Å². The maximum absolute atomic E-state index is 11.9. The molecule has 0 aromatic carbocycles. The molecule has 272 valence electrons. The van der Waals surface area contributed by atoms with E-state index < -0.39 is 11.2 Å². The number of nitrogens with one attached hydrogen (secondary N) is 1. The average Bonchev–Trinajstić information content (AvgIpc) is 3.56. The average molecular weight is 699 g/mol. The first-order chi connectivity index (χ1) is 24.2. The molecule has 1 aromatic rings. The minimum atomic E-state index is -0.586. The Morgan fingerprint density at radius 1 is 1.00 bits per heavy atom. The summed E-state index contributed by atoms with van der Waals surface area (Å²) in [5.74, 6) is 8.10. The molecule has 50 heavy (non-hydrogen) atoms. The zero-order valence-electron chi connectivity index (χ0n) is 31.1. The van der Waals surface area contributed by atoms with Crippen molar-refractivity contribution >= 4 is 11.2 Å². The van der Waals surface area contributed by atoms with Gasteiger partial charge < -0.3 is 14.6 Å². The van der Waals surface area contributed by atoms with Crippen LogP contribution >= 0.6 is 0 Å². The molecule has 7 aliphatic rings. The smallest absolute Gasteiger partial charge is 0.214 e. The summed E-state index contributed by atoms with van der Waals surface area (Å²) in [4.78, 5) is 6.86. The van der Waals surface area contributed by atoms with Crippen LogP contribution in [0.4, 0.5) is 0 Å². The van der Waals surface area contributed by atoms with Crippen LogP contribution in [0, 0.1) is 63.6 Å². The van der Waals surface area contributed by atoms with Crippen molar-refractivity contribution in [2.45, 2.75) is 110 Å². The molecular formula is C43H62N4O2S. The zero-order chi connectivity index (χ0) is 34.5. The molecule has 1 aliphatic heterocycles. The highest BCUT2D eigenvalue weighted by Gasteiger charge is 2.61. The Labute approximate surface area is 305 Å². The van der Waals surface area contributed by atoms with Crippen molar-refractivity contribution in [2.75, 3.05) is 44.3 Å². The first-order valence-electron chi connectivity index (χ1n) is 20.4. The van der Waals surface area contributed by atoms with Crippen LogP contribution in [-0.2, 0) is 11.2 Å². The van der Waals surface area contributed by atoms with Gasteiger partial charge in [0.25, 0.3) is 0 Å². The van der Waals surface area contributed by atoms with Crippen LogP contribution in [-0.4, -0.2) is 64.3 Å². The van der Waals surface area contributed by atoms with Gasteiger partial charge in [0.2, 0.25) is 5.88 Å². The Morgan fingerprint density at radius 3 is 2.62 bits per heavy atom. The number of hydrogen-bond donors (Lipinski definition) is 1. The quantitative estimate of drug-likeness (QED) is 0.277. The number of pyridine rings is 1. The molecule has 0 radical (unpaired) electrons. The maximum atomic E-state index is 11.9. The molecular weight excluding hydrogens is 637 g/mol. The molecule has 5 fully saturated rings. The van der Waals surface area contributed by atoms with Crippen molar-refractivity contribution < 1.29 is 9.29 Å². The Bertz CT molecular complexity index is 1490. The molecule has 6 aliphatic carbocycles. The van der Waals surface area contributed by atoms with Gasteiger partial charge in [-0.2, -0.15) is 5.26 Å². The number of hydrogen-bond acceptors (Lipinski definition) is 6. The van der Waals surface area contributed by atoms with Crippen molar-refractivity contribution in [3.63, 3.8) is 0 Å². The lowest BCUT2D eigenvalue weighted by molar-refractivity contribution is -0.126. The van der Waals surface area contributed by atoms with Gasteiger partial charge in [-0.25, -0.2) is 4.98 Å². The highest BCUT2D eigenvalue weighted by atomic mass is 32.2. The van der Waals surface area contributed by atoms with Gasteiger partial charge in [-0.15, -0.1) is 0 Å². The van der Waals surface area contributed by atoms with Crippen molar-refractivity contribution in [2.24, 2.45) is 52.3 Å². The van der Waals surface area contributed by atoms with Gasteiger partial charge in [-0.1, -0.05) is 50.5 Å². The van der Waals surface area contributed by atoms with E-state index >= 15 is 0 Å². The standard InChI is InChI=1S/C43H62N4O2S/c1-41(2)36(32-8-6-30(7-9-32)29-49-40-27-31(28-44)16-20-45-40)15-18-42(3)37-12-10-35-33(34(37)11-13-39(41)42)14-19-43(17-4-5-38(35)43)46-21-22-47-23-25-50(48)26-24-47/h8,15-16,20,27,30,33-35,37-39,46H,4-7,9-14,17-19,21-26,29H2,1-3H3. The molecule has 1 N–H and O–H groups in total. The highest BCUT2D eigenvalue weighted by Crippen LogP contribution is 2.68. The largest absolute Gasteiger partial charge is 0.616 e. The fourth-order valence-electron chi connectivity index (χ4n) is 13.5. The number of nitriles is 1. The monoisotopic (exact) mass is 698 g/mol. The molecule has 1 aromatic heterocycles. The first-order valence-corrected chi connectivity index (χ1v) is 21.9. The molecule has 6 nitrogen and oxygen atoms in total. The lowest BCUT2D eigenvalue weighted by Gasteiger charge is -2.64. The molecule has 4 saturated carbocycles. The second-order valence-electron chi connectivity index (χ2n) is 18.3. The fourth-order valence-corrected chi connectivity index (χ4v) is 14.6. The molecule has 9 atom stereocenters. The van der Waals surface area contributed by atoms with Gasteiger partial charge in [0.15, 0.2) is 0 Å². The van der Waals surface area contributed by atoms with E-state index in [9.17, 15) is 9.81 Å². The topological polar surface area (TPSA) is 84.2 Å². The Morgan fingerprint density at radius 2 is 1.82 bits per heavy atom. The van der Waals surface area contributed by atoms with Crippen molar-refractivity contribution in [1.82, 2.24) is 15.2 Å². The van der Waals surface area contributed by atoms with Gasteiger partial charge in [-0.05, 0) is 147 Å². The third kappa shape index (κ3) is 6.41. The lowest BCUT2D eigenvalue weighted by atomic mass is 9.41. The predicted octanol–water partition coefficient (Wildman–Crippen LogP) is 8.08. The Balaban J connectivity index is 0.906. The van der Waals surface area contributed by atoms with Crippen LogP contribution in [0.25, 0.3) is 0 Å². The van der Waals surface area contributed by atoms with E-state index in [-0.39, 0.29) is 5.41 Å². The number of fused-ring (bicyclic) bond motifs is 7. The van der Waals surface area contributed by atoms with E-state index in [4.69, 9.17) is 4.74 Å². The highest BCUT2D eigenvalue weighted by molar-refractivity contribution is 7.91. The molecule has 0 bridgehead atoms. The zero-order valence-corrected chi connectivity index (χ0v) is 32.0. The first kappa shape index (κ1) is 35.2. The molecule has 7 heteroatoms. The maximum Gasteiger partial charge on any atom is 0.214 e. The van der Waals surface area contributed by atoms with Crippen LogP contribution in [0.15, 0.2) is 41.6 Å². The second-order valence-corrected chi connectivity index (χ2v) is 20.0. The van der Waals surface area contributed by atoms with Crippen molar-refractivity contribution in [3.8, 4) is 11.9 Å². The van der Waals surface area contributed by atoms with Crippen molar-refractivity contribution in [1.29, 1.82) is 5.26 Å². The summed E-state index contributed by atoms with van der Waals surface area (Å²) in [5, 5.41) is 13.4. The van der Waals surface area contributed by atoms with Crippen molar-refractivity contribution in [3.05, 3.63) is 47.2 Å². The van der Waals surface area contributed by atoms with E-state index in [1.54, 1.807) is 29.5 Å². The summed E-state index contributed by atoms with van der Waals surface area (Å²) < 4.78 is 17.9. The van der Waals surface area contributed by atoms with Gasteiger partial charge in [0, 0.05) is 44.0 Å². The van der Waals surface area contributed by atoms with Crippen LogP contribution in [0.5, 0.6) is 5.88 Å². The van der Waals surface area contributed by atoms with Crippen LogP contribution in [0.1, 0.15) is 110 Å². The van der Waals surface area contributed by atoms with Gasteiger partial charge in [-0.3, -0.25) is 4.90 Å². The van der Waals surface area contributed by atoms with Gasteiger partial charge >= 0.3 is 0 Å². The van der Waals surface area contributed by atoms with E-state index in [0.29, 0.717) is 34.9 Å². The minimum absolute atomic E-state index is 0.214. The number of ether oxygens (including phenoxy) is 1.